The van der Waals surface area contributed by atoms with E-state index in [1.54, 1.807) is 0 Å². The third-order valence-corrected chi connectivity index (χ3v) is 11.5. The van der Waals surface area contributed by atoms with Crippen LogP contribution in [0.4, 0.5) is 0 Å². The zero-order valence-corrected chi connectivity index (χ0v) is 41.6. The van der Waals surface area contributed by atoms with Crippen molar-refractivity contribution in [2.45, 2.75) is 271 Å². The highest BCUT2D eigenvalue weighted by atomic mass is 16.6. The average molecular weight is 881 g/mol. The van der Waals surface area contributed by atoms with Crippen molar-refractivity contribution < 1.29 is 28.6 Å². The zero-order valence-electron chi connectivity index (χ0n) is 41.6. The summed E-state index contributed by atoms with van der Waals surface area (Å²) in [5.41, 5.74) is 0. The zero-order chi connectivity index (χ0) is 45.8. The first-order chi connectivity index (χ1) is 31.0. The molecule has 0 bridgehead atoms. The van der Waals surface area contributed by atoms with E-state index < -0.39 is 6.10 Å². The normalized spacial score (nSPS) is 12.5. The predicted molar refractivity (Wildman–Crippen MR) is 270 cm³/mol. The minimum atomic E-state index is -0.803. The van der Waals surface area contributed by atoms with E-state index in [0.29, 0.717) is 19.3 Å². The summed E-state index contributed by atoms with van der Waals surface area (Å²) in [6.07, 6.45) is 63.6. The molecule has 0 saturated carbocycles. The van der Waals surface area contributed by atoms with Crippen LogP contribution >= 0.6 is 0 Å². The molecule has 0 fully saturated rings. The summed E-state index contributed by atoms with van der Waals surface area (Å²) in [5, 5.41) is 0. The van der Waals surface area contributed by atoms with Gasteiger partial charge in [-0.25, -0.2) is 0 Å². The van der Waals surface area contributed by atoms with Gasteiger partial charge in [0.25, 0.3) is 0 Å². The van der Waals surface area contributed by atoms with Crippen molar-refractivity contribution in [2.75, 3.05) is 13.2 Å². The topological polar surface area (TPSA) is 78.9 Å². The molecule has 0 aromatic carbocycles. The molecule has 0 N–H and O–H groups in total. The number of ether oxygens (including phenoxy) is 3. The molecule has 0 heterocycles. The second-order valence-electron chi connectivity index (χ2n) is 17.7. The Hall–Kier alpha value is -2.89. The Labute approximate surface area is 390 Å². The van der Waals surface area contributed by atoms with Gasteiger partial charge in [0.05, 0.1) is 0 Å². The fourth-order valence-corrected chi connectivity index (χ4v) is 7.47. The minimum absolute atomic E-state index is 0.0984. The summed E-state index contributed by atoms with van der Waals surface area (Å²) in [6.45, 7) is 6.47. The van der Waals surface area contributed by atoms with E-state index >= 15 is 0 Å². The van der Waals surface area contributed by atoms with E-state index in [1.165, 1.54) is 141 Å². The van der Waals surface area contributed by atoms with E-state index in [9.17, 15) is 14.4 Å². The molecule has 1 atom stereocenters. The van der Waals surface area contributed by atoms with Gasteiger partial charge in [0, 0.05) is 19.3 Å². The first-order valence-electron chi connectivity index (χ1n) is 26.8. The molecular formula is C57H100O6. The number of unbranched alkanes of at least 4 members (excludes halogenated alkanes) is 27. The minimum Gasteiger partial charge on any atom is -0.462 e. The van der Waals surface area contributed by atoms with Crippen molar-refractivity contribution in [1.29, 1.82) is 0 Å². The Kier molecular flexibility index (Phi) is 49.4. The van der Waals surface area contributed by atoms with Crippen LogP contribution in [0.3, 0.4) is 0 Å². The van der Waals surface area contributed by atoms with Crippen LogP contribution in [0.1, 0.15) is 265 Å². The van der Waals surface area contributed by atoms with Crippen molar-refractivity contribution in [2.24, 2.45) is 0 Å². The number of carbonyl (C=O) groups excluding carboxylic acids is 3. The van der Waals surface area contributed by atoms with E-state index in [1.807, 2.05) is 6.08 Å². The molecule has 6 nitrogen and oxygen atoms in total. The summed E-state index contributed by atoms with van der Waals surface area (Å²) in [4.78, 5) is 38.0. The molecule has 364 valence electrons. The molecule has 0 aliphatic heterocycles. The molecule has 6 heteroatoms. The highest BCUT2D eigenvalue weighted by Crippen LogP contribution is 2.14. The van der Waals surface area contributed by atoms with Gasteiger partial charge in [-0.2, -0.15) is 0 Å². The van der Waals surface area contributed by atoms with Gasteiger partial charge in [-0.05, 0) is 89.9 Å². The molecule has 0 rings (SSSR count). The Morgan fingerprint density at radius 1 is 0.333 bits per heavy atom. The van der Waals surface area contributed by atoms with Gasteiger partial charge in [0.2, 0.25) is 0 Å². The first kappa shape index (κ1) is 60.1. The summed E-state index contributed by atoms with van der Waals surface area (Å²) in [5.74, 6) is -0.980. The van der Waals surface area contributed by atoms with E-state index in [2.05, 4.69) is 75.5 Å². The molecule has 1 unspecified atom stereocenters. The molecule has 0 aromatic rings. The number of rotatable bonds is 48. The number of esters is 3. The lowest BCUT2D eigenvalue weighted by molar-refractivity contribution is -0.166. The van der Waals surface area contributed by atoms with E-state index in [4.69, 9.17) is 14.2 Å². The number of allylic oxidation sites excluding steroid dienone is 10. The lowest BCUT2D eigenvalue weighted by Gasteiger charge is -2.18. The molecular weight excluding hydrogens is 781 g/mol. The van der Waals surface area contributed by atoms with Crippen LogP contribution in [0.2, 0.25) is 0 Å². The van der Waals surface area contributed by atoms with Crippen LogP contribution in [0.5, 0.6) is 0 Å². The molecule has 0 saturated heterocycles. The van der Waals surface area contributed by atoms with Crippen LogP contribution in [0.15, 0.2) is 60.8 Å². The maximum Gasteiger partial charge on any atom is 0.306 e. The van der Waals surface area contributed by atoms with Gasteiger partial charge in [-0.3, -0.25) is 14.4 Å². The molecule has 63 heavy (non-hydrogen) atoms. The van der Waals surface area contributed by atoms with Gasteiger partial charge < -0.3 is 14.2 Å². The van der Waals surface area contributed by atoms with Gasteiger partial charge in [0.1, 0.15) is 13.2 Å². The van der Waals surface area contributed by atoms with Gasteiger partial charge in [-0.1, -0.05) is 216 Å². The Balaban J connectivity index is 4.42. The van der Waals surface area contributed by atoms with Gasteiger partial charge in [-0.15, -0.1) is 0 Å². The van der Waals surface area contributed by atoms with Gasteiger partial charge in [0.15, 0.2) is 6.10 Å². The molecule has 0 radical (unpaired) electrons. The van der Waals surface area contributed by atoms with E-state index in [-0.39, 0.29) is 37.5 Å². The summed E-state index contributed by atoms with van der Waals surface area (Å²) in [6, 6.07) is 0. The maximum atomic E-state index is 12.8. The van der Waals surface area contributed by atoms with Crippen LogP contribution in [0.25, 0.3) is 0 Å². The van der Waals surface area contributed by atoms with Crippen molar-refractivity contribution in [3.05, 3.63) is 60.8 Å². The molecule has 0 amide bonds. The third kappa shape index (κ3) is 50.0. The Morgan fingerprint density at radius 3 is 1.06 bits per heavy atom. The van der Waals surface area contributed by atoms with Crippen molar-refractivity contribution in [3.63, 3.8) is 0 Å². The smallest absolute Gasteiger partial charge is 0.306 e. The van der Waals surface area contributed by atoms with Crippen LogP contribution in [-0.2, 0) is 28.6 Å². The van der Waals surface area contributed by atoms with Crippen molar-refractivity contribution in [1.82, 2.24) is 0 Å². The Morgan fingerprint density at radius 2 is 0.651 bits per heavy atom. The standard InChI is InChI=1S/C57H100O6/c1-4-7-10-13-16-19-22-25-27-28-29-30-33-35-38-41-44-47-50-56(59)62-53-54(52-61-55(58)49-46-43-40-37-34-31-24-21-18-15-12-9-6-3)63-57(60)51-48-45-42-39-36-32-26-23-20-17-14-11-8-5-2/h8,11,17,20,29-31,34,40,43,54H,4-7,9-10,12-16,18-19,21-28,32-33,35-39,41-42,44-53H2,1-3H3/b11-8-,20-17-,30-29-,34-31-,43-40-. The molecule has 0 aromatic heterocycles. The monoisotopic (exact) mass is 881 g/mol. The van der Waals surface area contributed by atoms with E-state index in [0.717, 1.165) is 77.0 Å². The third-order valence-electron chi connectivity index (χ3n) is 11.5. The number of hydrogen-bond donors (Lipinski definition) is 0. The second-order valence-corrected chi connectivity index (χ2v) is 17.7. The lowest BCUT2D eigenvalue weighted by Crippen LogP contribution is -2.30. The quantitative estimate of drug-likeness (QED) is 0.0262. The fourth-order valence-electron chi connectivity index (χ4n) is 7.47. The maximum absolute atomic E-state index is 12.8. The summed E-state index contributed by atoms with van der Waals surface area (Å²) in [7, 11) is 0. The number of hydrogen-bond acceptors (Lipinski definition) is 6. The largest absolute Gasteiger partial charge is 0.462 e. The SMILES string of the molecule is CC/C=C\C/C=C\CCCCCCCCCC(=O)OC(COC(=O)CC/C=C\C/C=C\CCCCCCCC)COC(=O)CCCCCCC/C=C\CCCCCCCCCCC. The fraction of sp³-hybridized carbons (Fsp3) is 0.772. The van der Waals surface area contributed by atoms with Crippen molar-refractivity contribution in [3.8, 4) is 0 Å². The highest BCUT2D eigenvalue weighted by Gasteiger charge is 2.19. The molecule has 0 aliphatic carbocycles. The second kappa shape index (κ2) is 51.7. The van der Waals surface area contributed by atoms with Gasteiger partial charge >= 0.3 is 17.9 Å². The van der Waals surface area contributed by atoms with Crippen molar-refractivity contribution >= 4 is 17.9 Å². The lowest BCUT2D eigenvalue weighted by atomic mass is 10.1. The Bertz CT molecular complexity index is 1150. The number of carbonyl (C=O) groups is 3. The highest BCUT2D eigenvalue weighted by molar-refractivity contribution is 5.71. The summed E-state index contributed by atoms with van der Waals surface area (Å²) < 4.78 is 16.7. The van der Waals surface area contributed by atoms with Crippen LogP contribution < -0.4 is 0 Å². The predicted octanol–water partition coefficient (Wildman–Crippen LogP) is 17.6. The van der Waals surface area contributed by atoms with Crippen LogP contribution in [-0.4, -0.2) is 37.2 Å². The average Bonchev–Trinajstić information content (AvgIpc) is 3.28. The molecule has 0 spiro atoms. The first-order valence-corrected chi connectivity index (χ1v) is 26.8. The van der Waals surface area contributed by atoms with Crippen LogP contribution in [0, 0.1) is 0 Å². The summed E-state index contributed by atoms with van der Waals surface area (Å²) >= 11 is 0. The molecule has 0 aliphatic rings.